The molecule has 9 rings (SSSR count). The molecule has 0 bridgehead atoms. The van der Waals surface area contributed by atoms with Gasteiger partial charge in [0.25, 0.3) is 0 Å². The van der Waals surface area contributed by atoms with Gasteiger partial charge in [0.15, 0.2) is 5.71 Å². The van der Waals surface area contributed by atoms with Crippen LogP contribution >= 0.6 is 0 Å². The van der Waals surface area contributed by atoms with Gasteiger partial charge in [-0.3, -0.25) is 4.79 Å². The van der Waals surface area contributed by atoms with Crippen LogP contribution < -0.4 is 4.90 Å². The first kappa shape index (κ1) is 26.0. The summed E-state index contributed by atoms with van der Waals surface area (Å²) in [5.74, 6) is 0.220. The molecule has 4 aliphatic heterocycles. The molecule has 4 aromatic carbocycles. The molecule has 0 radical (unpaired) electrons. The summed E-state index contributed by atoms with van der Waals surface area (Å²) in [5, 5.41) is 16.9. The Labute approximate surface area is 258 Å². The maximum Gasteiger partial charge on any atom is 0.210 e. The molecule has 44 heavy (non-hydrogen) atoms. The molecule has 4 nitrogen and oxygen atoms in total. The second-order valence-corrected chi connectivity index (χ2v) is 14.5. The molecule has 0 spiro atoms. The Morgan fingerprint density at radius 2 is 1.50 bits per heavy atom. The van der Waals surface area contributed by atoms with Gasteiger partial charge in [0, 0.05) is 48.0 Å². The predicted molar refractivity (Wildman–Crippen MR) is 178 cm³/mol. The number of anilines is 1. The molecule has 0 atom stereocenters. The topological polar surface area (TPSA) is 43.5 Å². The number of nitrogens with zero attached hydrogens (tertiary/aromatic N) is 2. The smallest absolute Gasteiger partial charge is 0.210 e. The Balaban J connectivity index is 1.20. The molecule has 4 aromatic rings. The third-order valence-corrected chi connectivity index (χ3v) is 11.1. The zero-order valence-electron chi connectivity index (χ0n) is 25.9. The number of allylic oxidation sites excluding steroid dienone is 5. The number of Topliss-reactive ketones (excluding diaryl/α,β-unsaturated/α-hetero) is 1. The first-order valence-corrected chi connectivity index (χ1v) is 16.1. The van der Waals surface area contributed by atoms with Crippen molar-refractivity contribution in [3.8, 4) is 0 Å². The molecule has 0 saturated carbocycles. The summed E-state index contributed by atoms with van der Waals surface area (Å²) in [6, 6.07) is 26.3. The summed E-state index contributed by atoms with van der Waals surface area (Å²) in [6.07, 6.45) is 3.47. The highest BCUT2D eigenvalue weighted by molar-refractivity contribution is 6.26. The number of aliphatic hydroxyl groups is 1. The van der Waals surface area contributed by atoms with Crippen LogP contribution in [0, 0.1) is 5.41 Å². The lowest BCUT2D eigenvalue weighted by Crippen LogP contribution is -2.41. The Bertz CT molecular complexity index is 2150. The molecule has 0 fully saturated rings. The molecule has 218 valence electrons. The number of hydrogen-bond donors (Lipinski definition) is 1. The van der Waals surface area contributed by atoms with Crippen LogP contribution in [0.3, 0.4) is 0 Å². The van der Waals surface area contributed by atoms with Crippen LogP contribution in [0.5, 0.6) is 0 Å². The fraction of sp³-hybridized carbons (Fsp3) is 0.300. The van der Waals surface area contributed by atoms with E-state index in [1.807, 2.05) is 0 Å². The molecular formula is C40H37N2O2+. The van der Waals surface area contributed by atoms with Crippen molar-refractivity contribution in [2.75, 3.05) is 18.0 Å². The Morgan fingerprint density at radius 3 is 2.20 bits per heavy atom. The SMILES string of the molecule is CC1(C)CCN2C(=C1C1=C(O)/C(=C3/CCC[N+]4=C3C(C)(C)c3cc5ccccc5cc34)C1=O)Cc1cc3ccccc3cc12. The van der Waals surface area contributed by atoms with E-state index in [0.29, 0.717) is 11.1 Å². The molecule has 0 amide bonds. The van der Waals surface area contributed by atoms with Crippen molar-refractivity contribution in [3.63, 3.8) is 0 Å². The number of aliphatic hydroxyl groups excluding tert-OH is 1. The van der Waals surface area contributed by atoms with Crippen LogP contribution in [0.15, 0.2) is 107 Å². The van der Waals surface area contributed by atoms with Gasteiger partial charge in [-0.2, -0.15) is 4.58 Å². The molecule has 0 saturated heterocycles. The van der Waals surface area contributed by atoms with Crippen LogP contribution in [0.25, 0.3) is 21.5 Å². The Kier molecular flexibility index (Phi) is 5.08. The fourth-order valence-electron chi connectivity index (χ4n) is 8.96. The fourth-order valence-corrected chi connectivity index (χ4v) is 8.96. The lowest BCUT2D eigenvalue weighted by molar-refractivity contribution is -0.441. The van der Waals surface area contributed by atoms with Crippen molar-refractivity contribution < 1.29 is 14.5 Å². The molecule has 4 heteroatoms. The molecule has 1 N–H and O–H groups in total. The molecule has 1 aliphatic carbocycles. The van der Waals surface area contributed by atoms with E-state index in [1.54, 1.807) is 0 Å². The van der Waals surface area contributed by atoms with E-state index >= 15 is 0 Å². The van der Waals surface area contributed by atoms with E-state index in [0.717, 1.165) is 49.9 Å². The van der Waals surface area contributed by atoms with Crippen molar-refractivity contribution in [2.45, 2.75) is 58.8 Å². The average molecular weight is 578 g/mol. The number of carbonyl (C=O) groups excluding carboxylic acids is 1. The maximum atomic E-state index is 14.4. The first-order chi connectivity index (χ1) is 21.1. The summed E-state index contributed by atoms with van der Waals surface area (Å²) >= 11 is 0. The maximum absolute atomic E-state index is 14.4. The zero-order valence-corrected chi connectivity index (χ0v) is 25.9. The monoisotopic (exact) mass is 577 g/mol. The van der Waals surface area contributed by atoms with Gasteiger partial charge in [-0.05, 0) is 83.0 Å². The van der Waals surface area contributed by atoms with Crippen molar-refractivity contribution in [3.05, 3.63) is 118 Å². The first-order valence-electron chi connectivity index (χ1n) is 16.1. The number of benzene rings is 4. The zero-order chi connectivity index (χ0) is 30.1. The second kappa shape index (κ2) is 8.59. The van der Waals surface area contributed by atoms with E-state index in [9.17, 15) is 9.90 Å². The summed E-state index contributed by atoms with van der Waals surface area (Å²) in [7, 11) is 0. The third kappa shape index (κ3) is 3.29. The minimum atomic E-state index is -0.268. The minimum absolute atomic E-state index is 0.0160. The van der Waals surface area contributed by atoms with Gasteiger partial charge in [0.1, 0.15) is 12.3 Å². The summed E-state index contributed by atoms with van der Waals surface area (Å²) < 4.78 is 2.43. The summed E-state index contributed by atoms with van der Waals surface area (Å²) in [6.45, 7) is 10.9. The van der Waals surface area contributed by atoms with Crippen molar-refractivity contribution in [2.24, 2.45) is 5.41 Å². The van der Waals surface area contributed by atoms with Crippen molar-refractivity contribution in [1.29, 1.82) is 0 Å². The van der Waals surface area contributed by atoms with E-state index in [2.05, 4.69) is 110 Å². The largest absolute Gasteiger partial charge is 0.506 e. The van der Waals surface area contributed by atoms with Crippen LogP contribution in [0.1, 0.15) is 58.1 Å². The number of fused-ring (bicyclic) bond motifs is 7. The third-order valence-electron chi connectivity index (χ3n) is 11.1. The molecule has 4 heterocycles. The van der Waals surface area contributed by atoms with Crippen molar-refractivity contribution >= 4 is 44.4 Å². The van der Waals surface area contributed by atoms with E-state index in [1.165, 1.54) is 55.5 Å². The quantitative estimate of drug-likeness (QED) is 0.182. The highest BCUT2D eigenvalue weighted by Gasteiger charge is 2.53. The number of carbonyl (C=O) groups is 1. The lowest BCUT2D eigenvalue weighted by Gasteiger charge is -2.42. The van der Waals surface area contributed by atoms with E-state index in [4.69, 9.17) is 0 Å². The predicted octanol–water partition coefficient (Wildman–Crippen LogP) is 8.60. The van der Waals surface area contributed by atoms with Crippen LogP contribution in [0.2, 0.25) is 0 Å². The van der Waals surface area contributed by atoms with Gasteiger partial charge in [-0.25, -0.2) is 0 Å². The molecule has 5 aliphatic rings. The van der Waals surface area contributed by atoms with Gasteiger partial charge < -0.3 is 10.0 Å². The van der Waals surface area contributed by atoms with Gasteiger partial charge in [-0.1, -0.05) is 62.4 Å². The van der Waals surface area contributed by atoms with Gasteiger partial charge >= 0.3 is 0 Å². The number of hydrogen-bond acceptors (Lipinski definition) is 3. The summed E-state index contributed by atoms with van der Waals surface area (Å²) in [4.78, 5) is 16.8. The average Bonchev–Trinajstić information content (AvgIpc) is 3.47. The van der Waals surface area contributed by atoms with Gasteiger partial charge in [-0.15, -0.1) is 0 Å². The number of rotatable bonds is 1. The van der Waals surface area contributed by atoms with E-state index in [-0.39, 0.29) is 22.4 Å². The lowest BCUT2D eigenvalue weighted by atomic mass is 9.66. The van der Waals surface area contributed by atoms with Gasteiger partial charge in [0.2, 0.25) is 11.5 Å². The highest BCUT2D eigenvalue weighted by atomic mass is 16.3. The Hall–Kier alpha value is -4.44. The minimum Gasteiger partial charge on any atom is -0.506 e. The summed E-state index contributed by atoms with van der Waals surface area (Å²) in [5.41, 5.74) is 10.1. The van der Waals surface area contributed by atoms with Crippen LogP contribution in [0.4, 0.5) is 11.4 Å². The van der Waals surface area contributed by atoms with Crippen LogP contribution in [-0.2, 0) is 16.6 Å². The Morgan fingerprint density at radius 1 is 0.841 bits per heavy atom. The van der Waals surface area contributed by atoms with Crippen molar-refractivity contribution in [1.82, 2.24) is 0 Å². The molecule has 0 aromatic heterocycles. The normalized spacial score (nSPS) is 23.3. The second-order valence-electron chi connectivity index (χ2n) is 14.5. The number of ketones is 1. The standard InChI is InChI=1S/C40H36N2O2/c1-39(2)15-17-41-30-20-25-12-7-5-10-23(25)18-27(30)22-32(41)35(39)34-36(43)33(37(34)44)28-14-9-16-42-31-21-26-13-8-6-11-24(26)19-29(31)40(3,4)38(28)42/h5-8,10-13,18-21H,9,14-17,22H2,1-4H3/p+1. The highest BCUT2D eigenvalue weighted by Crippen LogP contribution is 2.54. The molecule has 0 unspecified atom stereocenters. The van der Waals surface area contributed by atoms with Crippen LogP contribution in [-0.4, -0.2) is 34.3 Å². The molecular weight excluding hydrogens is 540 g/mol. The van der Waals surface area contributed by atoms with Gasteiger partial charge in [0.05, 0.1) is 16.6 Å². The van der Waals surface area contributed by atoms with E-state index < -0.39 is 0 Å².